The molecule has 120 valence electrons. The van der Waals surface area contributed by atoms with Gasteiger partial charge in [0.05, 0.1) is 21.9 Å². The summed E-state index contributed by atoms with van der Waals surface area (Å²) >= 11 is 5.91. The van der Waals surface area contributed by atoms with E-state index in [1.807, 2.05) is 27.7 Å². The molecule has 0 aromatic heterocycles. The molecule has 1 aromatic rings. The van der Waals surface area contributed by atoms with Crippen molar-refractivity contribution in [3.8, 4) is 0 Å². The molecular formula is C15H21BClFN2O2. The van der Waals surface area contributed by atoms with Gasteiger partial charge in [0.15, 0.2) is 0 Å². The SMILES string of the molecule is CC1(C)OB(C(=Cc2cc(F)cc(Cl)c2N)CN)OC1(C)C. The van der Waals surface area contributed by atoms with Gasteiger partial charge in [0.25, 0.3) is 0 Å². The Bertz CT molecular complexity index is 604. The minimum absolute atomic E-state index is 0.163. The molecule has 1 aliphatic rings. The third-order valence-corrected chi connectivity index (χ3v) is 4.57. The van der Waals surface area contributed by atoms with Gasteiger partial charge in [-0.2, -0.15) is 0 Å². The van der Waals surface area contributed by atoms with Crippen molar-refractivity contribution < 1.29 is 13.7 Å². The second-order valence-corrected chi connectivity index (χ2v) is 6.81. The monoisotopic (exact) mass is 326 g/mol. The lowest BCUT2D eigenvalue weighted by molar-refractivity contribution is 0.00578. The first kappa shape index (κ1) is 17.3. The number of rotatable bonds is 3. The van der Waals surface area contributed by atoms with E-state index in [0.717, 1.165) is 0 Å². The van der Waals surface area contributed by atoms with E-state index >= 15 is 0 Å². The summed E-state index contributed by atoms with van der Waals surface area (Å²) in [5, 5.41) is 0.163. The second-order valence-electron chi connectivity index (χ2n) is 6.40. The third-order valence-electron chi connectivity index (χ3n) is 4.26. The molecule has 1 fully saturated rings. The van der Waals surface area contributed by atoms with Crippen molar-refractivity contribution >= 4 is 30.5 Å². The Morgan fingerprint density at radius 3 is 2.32 bits per heavy atom. The Labute approximate surface area is 135 Å². The van der Waals surface area contributed by atoms with Gasteiger partial charge in [0.1, 0.15) is 5.82 Å². The van der Waals surface area contributed by atoms with E-state index in [1.165, 1.54) is 12.1 Å². The molecule has 0 spiro atoms. The van der Waals surface area contributed by atoms with Crippen molar-refractivity contribution in [3.05, 3.63) is 34.0 Å². The van der Waals surface area contributed by atoms with Crippen LogP contribution in [0.4, 0.5) is 10.1 Å². The molecule has 22 heavy (non-hydrogen) atoms. The number of benzene rings is 1. The topological polar surface area (TPSA) is 70.5 Å². The average Bonchev–Trinajstić information content (AvgIpc) is 2.60. The maximum atomic E-state index is 13.5. The molecule has 0 atom stereocenters. The lowest BCUT2D eigenvalue weighted by atomic mass is 9.77. The second kappa shape index (κ2) is 5.85. The first-order valence-corrected chi connectivity index (χ1v) is 7.46. The average molecular weight is 327 g/mol. The highest BCUT2D eigenvalue weighted by Gasteiger charge is 2.52. The van der Waals surface area contributed by atoms with Gasteiger partial charge in [0, 0.05) is 12.1 Å². The zero-order chi connectivity index (χ0) is 16.7. The van der Waals surface area contributed by atoms with Crippen LogP contribution in [0.15, 0.2) is 17.6 Å². The van der Waals surface area contributed by atoms with Crippen LogP contribution in [-0.4, -0.2) is 24.9 Å². The van der Waals surface area contributed by atoms with Crippen LogP contribution < -0.4 is 11.5 Å². The van der Waals surface area contributed by atoms with Crippen LogP contribution in [0.3, 0.4) is 0 Å². The molecule has 1 heterocycles. The molecule has 2 rings (SSSR count). The maximum Gasteiger partial charge on any atom is 0.491 e. The Morgan fingerprint density at radius 1 is 1.27 bits per heavy atom. The summed E-state index contributed by atoms with van der Waals surface area (Å²) in [6.07, 6.45) is 1.67. The Kier molecular flexibility index (Phi) is 4.60. The zero-order valence-corrected chi connectivity index (χ0v) is 14.0. The summed E-state index contributed by atoms with van der Waals surface area (Å²) in [6, 6.07) is 2.48. The number of nitrogen functional groups attached to an aromatic ring is 1. The lowest BCUT2D eigenvalue weighted by Crippen LogP contribution is -2.41. The zero-order valence-electron chi connectivity index (χ0n) is 13.2. The fourth-order valence-electron chi connectivity index (χ4n) is 2.14. The van der Waals surface area contributed by atoms with Crippen molar-refractivity contribution in [1.29, 1.82) is 0 Å². The van der Waals surface area contributed by atoms with Crippen LogP contribution in [0.1, 0.15) is 33.3 Å². The summed E-state index contributed by atoms with van der Waals surface area (Å²) in [4.78, 5) is 0. The molecule has 4 nitrogen and oxygen atoms in total. The Balaban J connectivity index is 2.38. The first-order chi connectivity index (χ1) is 10.1. The van der Waals surface area contributed by atoms with Gasteiger partial charge in [-0.15, -0.1) is 0 Å². The van der Waals surface area contributed by atoms with Crippen molar-refractivity contribution in [2.75, 3.05) is 12.3 Å². The fourth-order valence-corrected chi connectivity index (χ4v) is 2.35. The molecule has 0 amide bonds. The van der Waals surface area contributed by atoms with Gasteiger partial charge in [-0.3, -0.25) is 0 Å². The van der Waals surface area contributed by atoms with E-state index in [0.29, 0.717) is 16.7 Å². The molecule has 0 radical (unpaired) electrons. The third kappa shape index (κ3) is 3.15. The molecular weight excluding hydrogens is 305 g/mol. The van der Waals surface area contributed by atoms with E-state index in [2.05, 4.69) is 0 Å². The van der Waals surface area contributed by atoms with Crippen LogP contribution >= 0.6 is 11.6 Å². The van der Waals surface area contributed by atoms with E-state index in [-0.39, 0.29) is 11.6 Å². The van der Waals surface area contributed by atoms with Crippen LogP contribution in [0, 0.1) is 5.82 Å². The molecule has 7 heteroatoms. The van der Waals surface area contributed by atoms with Gasteiger partial charge in [-0.25, -0.2) is 4.39 Å². The minimum atomic E-state index is -0.601. The van der Waals surface area contributed by atoms with Gasteiger partial charge in [-0.05, 0) is 45.3 Å². The highest BCUT2D eigenvalue weighted by molar-refractivity contribution is 6.56. The van der Waals surface area contributed by atoms with Crippen LogP contribution in [0.2, 0.25) is 5.02 Å². The van der Waals surface area contributed by atoms with Crippen LogP contribution in [0.5, 0.6) is 0 Å². The van der Waals surface area contributed by atoms with Crippen LogP contribution in [0.25, 0.3) is 6.08 Å². The summed E-state index contributed by atoms with van der Waals surface area (Å²) in [5.41, 5.74) is 12.2. The molecule has 0 saturated carbocycles. The minimum Gasteiger partial charge on any atom is -0.400 e. The van der Waals surface area contributed by atoms with Gasteiger partial charge >= 0.3 is 7.12 Å². The highest BCUT2D eigenvalue weighted by atomic mass is 35.5. The largest absolute Gasteiger partial charge is 0.491 e. The number of halogens is 2. The van der Waals surface area contributed by atoms with Gasteiger partial charge < -0.3 is 20.8 Å². The summed E-state index contributed by atoms with van der Waals surface area (Å²) in [7, 11) is -0.601. The molecule has 4 N–H and O–H groups in total. The Hall–Kier alpha value is -1.08. The number of nitrogens with two attached hydrogens (primary N) is 2. The van der Waals surface area contributed by atoms with E-state index in [1.54, 1.807) is 6.08 Å². The smallest absolute Gasteiger partial charge is 0.400 e. The summed E-state index contributed by atoms with van der Waals surface area (Å²) in [5.74, 6) is -0.462. The highest BCUT2D eigenvalue weighted by Crippen LogP contribution is 2.39. The standard InChI is InChI=1S/C15H21BClFN2O2/c1-14(2)15(3,4)22-16(21-14)10(8-19)5-9-6-11(18)7-12(17)13(9)20/h5-7H,8,19-20H2,1-4H3. The molecule has 0 unspecified atom stereocenters. The van der Waals surface area contributed by atoms with Gasteiger partial charge in [-0.1, -0.05) is 17.7 Å². The van der Waals surface area contributed by atoms with E-state index < -0.39 is 24.1 Å². The van der Waals surface area contributed by atoms with Crippen molar-refractivity contribution in [2.24, 2.45) is 5.73 Å². The molecule has 1 saturated heterocycles. The predicted molar refractivity (Wildman–Crippen MR) is 88.9 cm³/mol. The van der Waals surface area contributed by atoms with Crippen molar-refractivity contribution in [2.45, 2.75) is 38.9 Å². The van der Waals surface area contributed by atoms with E-state index in [9.17, 15) is 4.39 Å². The normalized spacial score (nSPS) is 20.5. The van der Waals surface area contributed by atoms with Crippen molar-refractivity contribution in [1.82, 2.24) is 0 Å². The maximum absolute atomic E-state index is 13.5. The lowest BCUT2D eigenvalue weighted by Gasteiger charge is -2.32. The first-order valence-electron chi connectivity index (χ1n) is 7.08. The van der Waals surface area contributed by atoms with Gasteiger partial charge in [0.2, 0.25) is 0 Å². The molecule has 0 bridgehead atoms. The van der Waals surface area contributed by atoms with Crippen LogP contribution in [-0.2, 0) is 9.31 Å². The quantitative estimate of drug-likeness (QED) is 0.661. The predicted octanol–water partition coefficient (Wildman–Crippen LogP) is 3.03. The van der Waals surface area contributed by atoms with E-state index in [4.69, 9.17) is 32.4 Å². The van der Waals surface area contributed by atoms with Crippen molar-refractivity contribution in [3.63, 3.8) is 0 Å². The fraction of sp³-hybridized carbons (Fsp3) is 0.467. The molecule has 0 aliphatic carbocycles. The number of hydrogen-bond acceptors (Lipinski definition) is 4. The molecule has 1 aliphatic heterocycles. The summed E-state index contributed by atoms with van der Waals surface area (Å²) < 4.78 is 25.4. The number of anilines is 1. The molecule has 1 aromatic carbocycles. The Morgan fingerprint density at radius 2 is 1.82 bits per heavy atom. The summed E-state index contributed by atoms with van der Waals surface area (Å²) in [6.45, 7) is 8.01. The number of hydrogen-bond donors (Lipinski definition) is 2.